The molecule has 2 rings (SSSR count). The first-order chi connectivity index (χ1) is 13.3. The number of rotatable bonds is 10. The van der Waals surface area contributed by atoms with E-state index in [9.17, 15) is 4.79 Å². The van der Waals surface area contributed by atoms with Crippen LogP contribution in [0.4, 0.5) is 0 Å². The van der Waals surface area contributed by atoms with Crippen LogP contribution >= 0.6 is 0 Å². The Kier molecular flexibility index (Phi) is 8.97. The van der Waals surface area contributed by atoms with E-state index in [4.69, 9.17) is 4.74 Å². The summed E-state index contributed by atoms with van der Waals surface area (Å²) in [5.41, 5.74) is 2.44. The Morgan fingerprint density at radius 2 is 1.93 bits per heavy atom. The summed E-state index contributed by atoms with van der Waals surface area (Å²) in [6.07, 6.45) is 3.60. The molecule has 0 saturated carbocycles. The first-order valence-electron chi connectivity index (χ1n) is 11.0. The van der Waals surface area contributed by atoms with Crippen molar-refractivity contribution in [1.29, 1.82) is 0 Å². The average molecular weight is 389 g/mol. The van der Waals surface area contributed by atoms with Gasteiger partial charge in [-0.15, -0.1) is 0 Å². The van der Waals surface area contributed by atoms with Crippen molar-refractivity contribution in [2.75, 3.05) is 32.8 Å². The van der Waals surface area contributed by atoms with E-state index in [0.29, 0.717) is 12.3 Å². The SMILES string of the molecule is CCN(CC)CCCNC(=O)C[C@@H](c1ccc(C)cc1)[C@@H]1CCOC(C)(C)C1. The number of carbonyl (C=O) groups excluding carboxylic acids is 1. The number of benzene rings is 1. The van der Waals surface area contributed by atoms with Crippen LogP contribution in [0.25, 0.3) is 0 Å². The van der Waals surface area contributed by atoms with Crippen LogP contribution in [-0.4, -0.2) is 49.2 Å². The summed E-state index contributed by atoms with van der Waals surface area (Å²) in [6, 6.07) is 8.73. The van der Waals surface area contributed by atoms with Crippen LogP contribution in [0.3, 0.4) is 0 Å². The average Bonchev–Trinajstić information content (AvgIpc) is 2.66. The Morgan fingerprint density at radius 1 is 1.25 bits per heavy atom. The monoisotopic (exact) mass is 388 g/mol. The summed E-state index contributed by atoms with van der Waals surface area (Å²) in [4.78, 5) is 15.1. The Morgan fingerprint density at radius 3 is 2.54 bits per heavy atom. The molecule has 1 aliphatic heterocycles. The second-order valence-electron chi connectivity index (χ2n) is 8.81. The van der Waals surface area contributed by atoms with E-state index < -0.39 is 0 Å². The van der Waals surface area contributed by atoms with Gasteiger partial charge in [0.15, 0.2) is 0 Å². The lowest BCUT2D eigenvalue weighted by atomic mass is 9.75. The highest BCUT2D eigenvalue weighted by Gasteiger charge is 2.35. The van der Waals surface area contributed by atoms with Gasteiger partial charge in [-0.25, -0.2) is 0 Å². The molecule has 1 saturated heterocycles. The van der Waals surface area contributed by atoms with Gasteiger partial charge in [0, 0.05) is 19.6 Å². The van der Waals surface area contributed by atoms with Crippen molar-refractivity contribution in [2.45, 2.75) is 71.8 Å². The van der Waals surface area contributed by atoms with E-state index >= 15 is 0 Å². The third kappa shape index (κ3) is 7.21. The van der Waals surface area contributed by atoms with Crippen LogP contribution < -0.4 is 5.32 Å². The number of hydrogen-bond donors (Lipinski definition) is 1. The zero-order valence-electron chi connectivity index (χ0n) is 18.6. The lowest BCUT2D eigenvalue weighted by Gasteiger charge is -2.39. The fourth-order valence-corrected chi connectivity index (χ4v) is 4.33. The lowest BCUT2D eigenvalue weighted by molar-refractivity contribution is -0.123. The van der Waals surface area contributed by atoms with Gasteiger partial charge >= 0.3 is 0 Å². The van der Waals surface area contributed by atoms with Crippen LogP contribution in [0.15, 0.2) is 24.3 Å². The number of nitrogens with zero attached hydrogens (tertiary/aromatic N) is 1. The highest BCUT2D eigenvalue weighted by atomic mass is 16.5. The first kappa shape index (κ1) is 22.9. The van der Waals surface area contributed by atoms with E-state index in [1.165, 1.54) is 11.1 Å². The van der Waals surface area contributed by atoms with Crippen molar-refractivity contribution in [3.05, 3.63) is 35.4 Å². The quantitative estimate of drug-likeness (QED) is 0.599. The summed E-state index contributed by atoms with van der Waals surface area (Å²) in [5, 5.41) is 3.16. The maximum absolute atomic E-state index is 12.7. The standard InChI is InChI=1S/C24H40N2O2/c1-6-26(7-2)15-8-14-25-23(27)17-22(20-11-9-19(3)10-12-20)21-13-16-28-24(4,5)18-21/h9-12,21-22H,6-8,13-18H2,1-5H3,(H,25,27)/t21-,22+/m1/s1. The summed E-state index contributed by atoms with van der Waals surface area (Å²) in [5.74, 6) is 0.911. The Hall–Kier alpha value is -1.39. The summed E-state index contributed by atoms with van der Waals surface area (Å²) >= 11 is 0. The van der Waals surface area contributed by atoms with Gasteiger partial charge in [0.05, 0.1) is 5.60 Å². The maximum atomic E-state index is 12.7. The van der Waals surface area contributed by atoms with Gasteiger partial charge in [-0.1, -0.05) is 43.7 Å². The first-order valence-corrected chi connectivity index (χ1v) is 11.0. The fourth-order valence-electron chi connectivity index (χ4n) is 4.33. The molecule has 1 fully saturated rings. The maximum Gasteiger partial charge on any atom is 0.220 e. The minimum absolute atomic E-state index is 0.105. The number of ether oxygens (including phenoxy) is 1. The van der Waals surface area contributed by atoms with E-state index in [1.807, 2.05) is 0 Å². The second-order valence-corrected chi connectivity index (χ2v) is 8.81. The molecule has 2 atom stereocenters. The minimum atomic E-state index is -0.105. The van der Waals surface area contributed by atoms with Crippen LogP contribution in [0.5, 0.6) is 0 Å². The number of carbonyl (C=O) groups is 1. The summed E-state index contributed by atoms with van der Waals surface area (Å²) in [7, 11) is 0. The van der Waals surface area contributed by atoms with Crippen molar-refractivity contribution >= 4 is 5.91 Å². The van der Waals surface area contributed by atoms with Gasteiger partial charge < -0.3 is 15.0 Å². The molecule has 1 heterocycles. The third-order valence-electron chi connectivity index (χ3n) is 6.08. The van der Waals surface area contributed by atoms with Crippen LogP contribution in [0, 0.1) is 12.8 Å². The molecule has 0 unspecified atom stereocenters. The summed E-state index contributed by atoms with van der Waals surface area (Å²) < 4.78 is 5.92. The van der Waals surface area contributed by atoms with Crippen molar-refractivity contribution in [3.63, 3.8) is 0 Å². The van der Waals surface area contributed by atoms with Crippen molar-refractivity contribution < 1.29 is 9.53 Å². The smallest absolute Gasteiger partial charge is 0.220 e. The van der Waals surface area contributed by atoms with E-state index in [-0.39, 0.29) is 17.4 Å². The molecule has 1 aromatic rings. The van der Waals surface area contributed by atoms with Gasteiger partial charge in [-0.2, -0.15) is 0 Å². The van der Waals surface area contributed by atoms with Gasteiger partial charge in [0.1, 0.15) is 0 Å². The molecule has 158 valence electrons. The van der Waals surface area contributed by atoms with Gasteiger partial charge in [-0.3, -0.25) is 4.79 Å². The molecule has 0 bridgehead atoms. The molecule has 0 radical (unpaired) electrons. The zero-order valence-corrected chi connectivity index (χ0v) is 18.6. The van der Waals surface area contributed by atoms with Crippen molar-refractivity contribution in [3.8, 4) is 0 Å². The molecule has 1 N–H and O–H groups in total. The topological polar surface area (TPSA) is 41.6 Å². The van der Waals surface area contributed by atoms with E-state index in [0.717, 1.165) is 52.0 Å². The summed E-state index contributed by atoms with van der Waals surface area (Å²) in [6.45, 7) is 15.5. The molecule has 0 aromatic heterocycles. The molecule has 0 spiro atoms. The molecule has 1 amide bonds. The fraction of sp³-hybridized carbons (Fsp3) is 0.708. The number of hydrogen-bond acceptors (Lipinski definition) is 3. The third-order valence-corrected chi connectivity index (χ3v) is 6.08. The van der Waals surface area contributed by atoms with Gasteiger partial charge in [-0.05, 0) is 77.1 Å². The molecule has 1 aliphatic rings. The molecule has 1 aromatic carbocycles. The van der Waals surface area contributed by atoms with Crippen LogP contribution in [0.2, 0.25) is 0 Å². The van der Waals surface area contributed by atoms with Crippen molar-refractivity contribution in [2.24, 2.45) is 5.92 Å². The normalized spacial score (nSPS) is 20.1. The second kappa shape index (κ2) is 11.0. The van der Waals surface area contributed by atoms with Crippen LogP contribution in [0.1, 0.15) is 70.4 Å². The van der Waals surface area contributed by atoms with Gasteiger partial charge in [0.2, 0.25) is 5.91 Å². The molecular weight excluding hydrogens is 348 g/mol. The van der Waals surface area contributed by atoms with E-state index in [1.54, 1.807) is 0 Å². The molecular formula is C24H40N2O2. The lowest BCUT2D eigenvalue weighted by Crippen LogP contribution is -2.38. The highest BCUT2D eigenvalue weighted by molar-refractivity contribution is 5.76. The molecule has 4 nitrogen and oxygen atoms in total. The van der Waals surface area contributed by atoms with E-state index in [2.05, 4.69) is 69.1 Å². The number of amides is 1. The Bertz CT molecular complexity index is 593. The Labute approximate surface area is 172 Å². The Balaban J connectivity index is 1.97. The highest BCUT2D eigenvalue weighted by Crippen LogP contribution is 2.40. The predicted molar refractivity (Wildman–Crippen MR) is 117 cm³/mol. The predicted octanol–water partition coefficient (Wildman–Crippen LogP) is 4.52. The molecule has 4 heteroatoms. The number of aryl methyl sites for hydroxylation is 1. The zero-order chi connectivity index (χ0) is 20.6. The molecule has 0 aliphatic carbocycles. The van der Waals surface area contributed by atoms with Crippen molar-refractivity contribution in [1.82, 2.24) is 10.2 Å². The minimum Gasteiger partial charge on any atom is -0.376 e. The number of nitrogens with one attached hydrogen (secondary N) is 1. The van der Waals surface area contributed by atoms with Gasteiger partial charge in [0.25, 0.3) is 0 Å². The van der Waals surface area contributed by atoms with Crippen LogP contribution in [-0.2, 0) is 9.53 Å². The largest absolute Gasteiger partial charge is 0.376 e. The molecule has 28 heavy (non-hydrogen) atoms.